The fourth-order valence-corrected chi connectivity index (χ4v) is 3.06. The smallest absolute Gasteiger partial charge is 0.255 e. The number of nitrogens with one attached hydrogen (secondary N) is 2. The number of halogens is 1. The largest absolute Gasteiger partial charge is 0.333 e. The minimum atomic E-state index is -0.254. The second-order valence-electron chi connectivity index (χ2n) is 5.29. The second kappa shape index (κ2) is 5.61. The van der Waals surface area contributed by atoms with Gasteiger partial charge in [0.2, 0.25) is 5.56 Å². The lowest BCUT2D eigenvalue weighted by Gasteiger charge is -2.34. The van der Waals surface area contributed by atoms with E-state index in [1.807, 2.05) is 24.0 Å². The molecule has 1 aromatic carbocycles. The number of nitrogens with zero attached hydrogens (tertiary/aromatic N) is 1. The van der Waals surface area contributed by atoms with Crippen molar-refractivity contribution in [3.8, 4) is 0 Å². The molecule has 2 heterocycles. The molecule has 1 atom stereocenters. The first-order valence-electron chi connectivity index (χ1n) is 6.90. The Labute approximate surface area is 130 Å². The minimum absolute atomic E-state index is 0.0850. The number of amides is 1. The molecule has 6 heteroatoms. The van der Waals surface area contributed by atoms with Crippen molar-refractivity contribution >= 4 is 32.7 Å². The Morgan fingerprint density at radius 3 is 2.95 bits per heavy atom. The van der Waals surface area contributed by atoms with Crippen molar-refractivity contribution in [1.29, 1.82) is 0 Å². The van der Waals surface area contributed by atoms with Gasteiger partial charge in [-0.1, -0.05) is 15.9 Å². The molecule has 110 valence electrons. The summed E-state index contributed by atoms with van der Waals surface area (Å²) in [5, 5.41) is 4.02. The third-order valence-electron chi connectivity index (χ3n) is 3.80. The van der Waals surface area contributed by atoms with Gasteiger partial charge in [-0.3, -0.25) is 9.59 Å². The summed E-state index contributed by atoms with van der Waals surface area (Å²) in [5.41, 5.74) is 0.886. The summed E-state index contributed by atoms with van der Waals surface area (Å²) >= 11 is 3.42. The molecule has 0 aliphatic carbocycles. The van der Waals surface area contributed by atoms with Gasteiger partial charge >= 0.3 is 0 Å². The van der Waals surface area contributed by atoms with E-state index in [4.69, 9.17) is 0 Å². The van der Waals surface area contributed by atoms with Crippen LogP contribution >= 0.6 is 15.9 Å². The Morgan fingerprint density at radius 1 is 1.38 bits per heavy atom. The Balaban J connectivity index is 2.12. The van der Waals surface area contributed by atoms with E-state index in [9.17, 15) is 9.59 Å². The van der Waals surface area contributed by atoms with Gasteiger partial charge < -0.3 is 15.2 Å². The van der Waals surface area contributed by atoms with E-state index < -0.39 is 0 Å². The normalized spacial score (nSPS) is 19.0. The fourth-order valence-electron chi connectivity index (χ4n) is 2.70. The number of rotatable bonds is 1. The minimum Gasteiger partial charge on any atom is -0.333 e. The van der Waals surface area contributed by atoms with E-state index in [1.165, 1.54) is 6.07 Å². The summed E-state index contributed by atoms with van der Waals surface area (Å²) in [4.78, 5) is 29.2. The van der Waals surface area contributed by atoms with Gasteiger partial charge in [0, 0.05) is 47.1 Å². The molecular formula is C15H16BrN3O2. The quantitative estimate of drug-likeness (QED) is 0.823. The molecular weight excluding hydrogens is 334 g/mol. The van der Waals surface area contributed by atoms with Crippen LogP contribution in [0.15, 0.2) is 33.5 Å². The third-order valence-corrected chi connectivity index (χ3v) is 4.29. The van der Waals surface area contributed by atoms with Crippen molar-refractivity contribution in [2.45, 2.75) is 13.0 Å². The van der Waals surface area contributed by atoms with Gasteiger partial charge in [-0.2, -0.15) is 0 Å². The molecule has 21 heavy (non-hydrogen) atoms. The Kier molecular flexibility index (Phi) is 3.82. The molecule has 0 radical (unpaired) electrons. The van der Waals surface area contributed by atoms with E-state index in [-0.39, 0.29) is 17.5 Å². The molecule has 1 aliphatic rings. The average molecular weight is 350 g/mol. The molecule has 1 aliphatic heterocycles. The maximum absolute atomic E-state index is 12.8. The highest BCUT2D eigenvalue weighted by Crippen LogP contribution is 2.22. The Hall–Kier alpha value is -1.66. The molecule has 0 saturated carbocycles. The summed E-state index contributed by atoms with van der Waals surface area (Å²) in [7, 11) is 0. The molecule has 0 bridgehead atoms. The molecule has 1 unspecified atom stereocenters. The molecule has 1 saturated heterocycles. The van der Waals surface area contributed by atoms with E-state index >= 15 is 0 Å². The van der Waals surface area contributed by atoms with Crippen LogP contribution in [0.2, 0.25) is 0 Å². The van der Waals surface area contributed by atoms with Gasteiger partial charge in [0.25, 0.3) is 5.91 Å². The van der Waals surface area contributed by atoms with Gasteiger partial charge in [0.1, 0.15) is 0 Å². The number of carbonyl (C=O) groups excluding carboxylic acids is 1. The maximum atomic E-state index is 12.8. The third kappa shape index (κ3) is 2.73. The van der Waals surface area contributed by atoms with E-state index in [1.54, 1.807) is 6.07 Å². The highest BCUT2D eigenvalue weighted by Gasteiger charge is 2.25. The number of aromatic nitrogens is 1. The van der Waals surface area contributed by atoms with Crippen LogP contribution in [0.3, 0.4) is 0 Å². The van der Waals surface area contributed by atoms with Crippen molar-refractivity contribution in [1.82, 2.24) is 15.2 Å². The number of H-pyrrole nitrogens is 1. The fraction of sp³-hybridized carbons (Fsp3) is 0.333. The number of aromatic amines is 1. The zero-order chi connectivity index (χ0) is 15.0. The summed E-state index contributed by atoms with van der Waals surface area (Å²) in [6, 6.07) is 7.03. The van der Waals surface area contributed by atoms with Gasteiger partial charge in [-0.25, -0.2) is 0 Å². The average Bonchev–Trinajstić information content (AvgIpc) is 2.47. The van der Waals surface area contributed by atoms with Crippen molar-refractivity contribution in [2.75, 3.05) is 19.6 Å². The van der Waals surface area contributed by atoms with Crippen molar-refractivity contribution in [3.05, 3.63) is 44.7 Å². The summed E-state index contributed by atoms with van der Waals surface area (Å²) in [6.07, 6.45) is 0. The maximum Gasteiger partial charge on any atom is 0.255 e. The second-order valence-corrected chi connectivity index (χ2v) is 6.20. The molecule has 1 aromatic heterocycles. The van der Waals surface area contributed by atoms with Crippen molar-refractivity contribution < 1.29 is 4.79 Å². The van der Waals surface area contributed by atoms with Gasteiger partial charge in [-0.05, 0) is 25.1 Å². The van der Waals surface area contributed by atoms with E-state index in [0.717, 1.165) is 22.9 Å². The number of hydrogen-bond acceptors (Lipinski definition) is 3. The van der Waals surface area contributed by atoms with Crippen LogP contribution in [-0.2, 0) is 0 Å². The molecule has 3 rings (SSSR count). The predicted molar refractivity (Wildman–Crippen MR) is 85.6 cm³/mol. The number of hydrogen-bond donors (Lipinski definition) is 2. The first-order chi connectivity index (χ1) is 10.1. The van der Waals surface area contributed by atoms with E-state index in [0.29, 0.717) is 17.6 Å². The van der Waals surface area contributed by atoms with Crippen LogP contribution in [0, 0.1) is 0 Å². The van der Waals surface area contributed by atoms with Gasteiger partial charge in [-0.15, -0.1) is 0 Å². The van der Waals surface area contributed by atoms with Crippen LogP contribution in [0.25, 0.3) is 10.9 Å². The number of carbonyl (C=O) groups is 1. The number of piperazine rings is 1. The van der Waals surface area contributed by atoms with Crippen molar-refractivity contribution in [2.24, 2.45) is 0 Å². The summed E-state index contributed by atoms with van der Waals surface area (Å²) in [6.45, 7) is 4.22. The molecule has 1 fully saturated rings. The lowest BCUT2D eigenvalue weighted by molar-refractivity contribution is 0.0657. The highest BCUT2D eigenvalue weighted by atomic mass is 79.9. The number of pyridine rings is 1. The zero-order valence-electron chi connectivity index (χ0n) is 11.6. The molecule has 1 amide bonds. The van der Waals surface area contributed by atoms with Crippen molar-refractivity contribution in [3.63, 3.8) is 0 Å². The Morgan fingerprint density at radius 2 is 2.19 bits per heavy atom. The first-order valence-corrected chi connectivity index (χ1v) is 7.70. The predicted octanol–water partition coefficient (Wildman–Crippen LogP) is 1.72. The number of fused-ring (bicyclic) bond motifs is 1. The van der Waals surface area contributed by atoms with Crippen LogP contribution < -0.4 is 10.9 Å². The van der Waals surface area contributed by atoms with Crippen LogP contribution in [0.1, 0.15) is 17.3 Å². The van der Waals surface area contributed by atoms with Crippen LogP contribution in [-0.4, -0.2) is 41.5 Å². The monoisotopic (exact) mass is 349 g/mol. The van der Waals surface area contributed by atoms with Gasteiger partial charge in [0.05, 0.1) is 5.56 Å². The molecule has 0 spiro atoms. The first kappa shape index (κ1) is 14.3. The lowest BCUT2D eigenvalue weighted by Crippen LogP contribution is -2.52. The summed E-state index contributed by atoms with van der Waals surface area (Å²) in [5.74, 6) is -0.0850. The highest BCUT2D eigenvalue weighted by molar-refractivity contribution is 9.10. The summed E-state index contributed by atoms with van der Waals surface area (Å²) < 4.78 is 0.879. The van der Waals surface area contributed by atoms with E-state index in [2.05, 4.69) is 26.2 Å². The zero-order valence-corrected chi connectivity index (χ0v) is 13.2. The molecule has 2 N–H and O–H groups in total. The number of benzene rings is 1. The standard InChI is InChI=1S/C15H16BrN3O2/c1-9-8-17-4-5-19(9)15(21)12-7-14(20)18-13-3-2-10(16)6-11(12)13/h2-3,6-7,9,17H,4-5,8H2,1H3,(H,18,20). The van der Waals surface area contributed by atoms with Crippen LogP contribution in [0.5, 0.6) is 0 Å². The Bertz CT molecular complexity index is 756. The topological polar surface area (TPSA) is 65.2 Å². The van der Waals surface area contributed by atoms with Crippen LogP contribution in [0.4, 0.5) is 0 Å². The van der Waals surface area contributed by atoms with Gasteiger partial charge in [0.15, 0.2) is 0 Å². The lowest BCUT2D eigenvalue weighted by atomic mass is 10.1. The SMILES string of the molecule is CC1CNCCN1C(=O)c1cc(=O)[nH]c2ccc(Br)cc12. The molecule has 5 nitrogen and oxygen atoms in total. The molecule has 2 aromatic rings.